The summed E-state index contributed by atoms with van der Waals surface area (Å²) in [5, 5.41) is 5.57. The molecular formula is C28H35FN6O4. The zero-order valence-electron chi connectivity index (χ0n) is 23.1. The summed E-state index contributed by atoms with van der Waals surface area (Å²) in [6.07, 6.45) is 1.84. The molecule has 0 aliphatic carbocycles. The maximum atomic E-state index is 15.6. The molecule has 3 aromatic rings. The Labute approximate surface area is 227 Å². The Morgan fingerprint density at radius 3 is 2.62 bits per heavy atom. The number of aryl methyl sites for hydroxylation is 1. The average molecular weight is 539 g/mol. The predicted octanol–water partition coefficient (Wildman–Crippen LogP) is 4.17. The second-order valence-electron chi connectivity index (χ2n) is 11.7. The SMILES string of the molecule is COc1nc(N2C[C@@H]3C[C@H]2CO3)cc(-n2ncc3cc(C)c([C@H]4CCN(C(=O)OC(C)(C)C)C[C@H]4F)cc32)n1. The van der Waals surface area contributed by atoms with E-state index in [1.54, 1.807) is 18.0 Å². The lowest BCUT2D eigenvalue weighted by Crippen LogP contribution is -2.46. The number of amides is 1. The van der Waals surface area contributed by atoms with Crippen LogP contribution in [0, 0.1) is 6.92 Å². The van der Waals surface area contributed by atoms with E-state index in [0.717, 1.165) is 40.8 Å². The molecule has 1 aromatic carbocycles. The van der Waals surface area contributed by atoms with E-state index < -0.39 is 17.9 Å². The van der Waals surface area contributed by atoms with Gasteiger partial charge in [0.05, 0.1) is 44.1 Å². The third-order valence-electron chi connectivity index (χ3n) is 7.82. The first-order chi connectivity index (χ1) is 18.6. The van der Waals surface area contributed by atoms with Gasteiger partial charge in [0, 0.05) is 30.5 Å². The van der Waals surface area contributed by atoms with Gasteiger partial charge in [-0.3, -0.25) is 0 Å². The smallest absolute Gasteiger partial charge is 0.410 e. The lowest BCUT2D eigenvalue weighted by Gasteiger charge is -2.36. The van der Waals surface area contributed by atoms with Crippen LogP contribution in [0.4, 0.5) is 15.0 Å². The van der Waals surface area contributed by atoms with Crippen molar-refractivity contribution in [3.63, 3.8) is 0 Å². The molecule has 208 valence electrons. The van der Waals surface area contributed by atoms with Crippen molar-refractivity contribution in [1.29, 1.82) is 0 Å². The van der Waals surface area contributed by atoms with Gasteiger partial charge in [0.2, 0.25) is 0 Å². The van der Waals surface area contributed by atoms with Gasteiger partial charge in [-0.15, -0.1) is 0 Å². The van der Waals surface area contributed by atoms with E-state index in [1.165, 1.54) is 4.90 Å². The van der Waals surface area contributed by atoms with Gasteiger partial charge in [-0.2, -0.15) is 15.1 Å². The van der Waals surface area contributed by atoms with Crippen molar-refractivity contribution in [2.75, 3.05) is 38.3 Å². The van der Waals surface area contributed by atoms with Crippen LogP contribution in [0.1, 0.15) is 50.7 Å². The zero-order chi connectivity index (χ0) is 27.5. The number of hydrogen-bond donors (Lipinski definition) is 0. The van der Waals surface area contributed by atoms with Crippen LogP contribution >= 0.6 is 0 Å². The summed E-state index contributed by atoms with van der Waals surface area (Å²) in [5.41, 5.74) is 2.12. The topological polar surface area (TPSA) is 94.8 Å². The minimum Gasteiger partial charge on any atom is -0.467 e. The predicted molar refractivity (Wildman–Crippen MR) is 144 cm³/mol. The summed E-state index contributed by atoms with van der Waals surface area (Å²) < 4.78 is 34.0. The Kier molecular flexibility index (Phi) is 6.36. The third-order valence-corrected chi connectivity index (χ3v) is 7.82. The number of fused-ring (bicyclic) bond motifs is 3. The molecule has 3 aliphatic heterocycles. The number of carbonyl (C=O) groups is 1. The fourth-order valence-corrected chi connectivity index (χ4v) is 5.96. The summed E-state index contributed by atoms with van der Waals surface area (Å²) in [4.78, 5) is 25.4. The van der Waals surface area contributed by atoms with Crippen LogP contribution < -0.4 is 9.64 Å². The number of ether oxygens (including phenoxy) is 3. The number of piperidine rings is 1. The van der Waals surface area contributed by atoms with Crippen LogP contribution in [0.2, 0.25) is 0 Å². The molecule has 3 aliphatic rings. The van der Waals surface area contributed by atoms with E-state index in [-0.39, 0.29) is 24.6 Å². The molecule has 39 heavy (non-hydrogen) atoms. The third kappa shape index (κ3) is 4.88. The highest BCUT2D eigenvalue weighted by atomic mass is 19.1. The van der Waals surface area contributed by atoms with Crippen LogP contribution in [0.3, 0.4) is 0 Å². The van der Waals surface area contributed by atoms with Crippen molar-refractivity contribution < 1.29 is 23.4 Å². The average Bonchev–Trinajstić information content (AvgIpc) is 3.63. The summed E-state index contributed by atoms with van der Waals surface area (Å²) >= 11 is 0. The Morgan fingerprint density at radius 2 is 1.95 bits per heavy atom. The highest BCUT2D eigenvalue weighted by Gasteiger charge is 2.40. The van der Waals surface area contributed by atoms with E-state index in [4.69, 9.17) is 14.2 Å². The van der Waals surface area contributed by atoms with Crippen molar-refractivity contribution in [3.8, 4) is 11.8 Å². The van der Waals surface area contributed by atoms with Crippen molar-refractivity contribution in [1.82, 2.24) is 24.6 Å². The standard InChI is InChI=1S/C28H35FN6O4/c1-16-8-17-12-30-35(25-11-24(31-26(32-25)37-5)34-13-19-9-18(34)15-38-19)23(17)10-21(16)20-6-7-33(14-22(20)29)27(36)39-28(2,3)4/h8,10-12,18-20,22H,6-7,9,13-15H2,1-5H3/t18-,19-,20+,22+/m0/s1. The van der Waals surface area contributed by atoms with E-state index in [0.29, 0.717) is 31.4 Å². The number of nitrogens with zero attached hydrogens (tertiary/aromatic N) is 6. The summed E-state index contributed by atoms with van der Waals surface area (Å²) in [7, 11) is 1.55. The molecule has 0 saturated carbocycles. The second-order valence-corrected chi connectivity index (χ2v) is 11.7. The summed E-state index contributed by atoms with van der Waals surface area (Å²) in [6.45, 7) is 9.35. The molecule has 10 nitrogen and oxygen atoms in total. The van der Waals surface area contributed by atoms with Crippen molar-refractivity contribution in [2.24, 2.45) is 0 Å². The lowest BCUT2D eigenvalue weighted by molar-refractivity contribution is 0.0111. The van der Waals surface area contributed by atoms with E-state index in [1.807, 2.05) is 45.9 Å². The Bertz CT molecular complexity index is 1400. The van der Waals surface area contributed by atoms with Gasteiger partial charge in [-0.25, -0.2) is 13.9 Å². The van der Waals surface area contributed by atoms with Crippen molar-refractivity contribution >= 4 is 22.8 Å². The number of methoxy groups -OCH3 is 1. The van der Waals surface area contributed by atoms with Crippen LogP contribution in [-0.4, -0.2) is 88.0 Å². The first kappa shape index (κ1) is 25.8. The molecule has 4 atom stereocenters. The molecule has 11 heteroatoms. The van der Waals surface area contributed by atoms with Gasteiger partial charge < -0.3 is 24.0 Å². The fraction of sp³-hybridized carbons (Fsp3) is 0.571. The van der Waals surface area contributed by atoms with E-state index in [9.17, 15) is 4.79 Å². The molecule has 0 N–H and O–H groups in total. The Morgan fingerprint density at radius 1 is 1.15 bits per heavy atom. The van der Waals surface area contributed by atoms with Gasteiger partial charge in [0.1, 0.15) is 17.6 Å². The monoisotopic (exact) mass is 538 g/mol. The number of rotatable bonds is 4. The first-order valence-electron chi connectivity index (χ1n) is 13.5. The molecular weight excluding hydrogens is 503 g/mol. The van der Waals surface area contributed by atoms with Crippen molar-refractivity contribution in [2.45, 2.75) is 70.4 Å². The molecule has 1 amide bonds. The summed E-state index contributed by atoms with van der Waals surface area (Å²) in [6, 6.07) is 6.53. The largest absolute Gasteiger partial charge is 0.467 e. The molecule has 3 saturated heterocycles. The normalized spacial score (nSPS) is 25.0. The van der Waals surface area contributed by atoms with E-state index >= 15 is 4.39 Å². The molecule has 5 heterocycles. The fourth-order valence-electron chi connectivity index (χ4n) is 5.96. The van der Waals surface area contributed by atoms with Gasteiger partial charge >= 0.3 is 12.1 Å². The number of halogens is 1. The summed E-state index contributed by atoms with van der Waals surface area (Å²) in [5.74, 6) is 1.02. The zero-order valence-corrected chi connectivity index (χ0v) is 23.1. The molecule has 0 spiro atoms. The number of hydrogen-bond acceptors (Lipinski definition) is 8. The second kappa shape index (κ2) is 9.62. The minimum absolute atomic E-state index is 0.00446. The number of likely N-dealkylation sites (tertiary alicyclic amines) is 1. The number of aromatic nitrogens is 4. The Balaban J connectivity index is 1.30. The highest BCUT2D eigenvalue weighted by molar-refractivity contribution is 5.82. The molecule has 2 bridgehead atoms. The lowest BCUT2D eigenvalue weighted by atomic mass is 9.85. The van der Waals surface area contributed by atoms with Crippen LogP contribution in [-0.2, 0) is 9.47 Å². The molecule has 2 aromatic heterocycles. The highest BCUT2D eigenvalue weighted by Crippen LogP contribution is 2.37. The van der Waals surface area contributed by atoms with Crippen molar-refractivity contribution in [3.05, 3.63) is 35.5 Å². The molecule has 0 unspecified atom stereocenters. The maximum absolute atomic E-state index is 15.6. The number of benzene rings is 1. The van der Waals surface area contributed by atoms with Gasteiger partial charge in [0.15, 0.2) is 5.82 Å². The minimum atomic E-state index is -1.21. The van der Waals surface area contributed by atoms with E-state index in [2.05, 4.69) is 20.0 Å². The molecule has 3 fully saturated rings. The number of morpholine rings is 1. The Hall–Kier alpha value is -3.47. The molecule has 6 rings (SSSR count). The van der Waals surface area contributed by atoms with Gasteiger partial charge in [0.25, 0.3) is 0 Å². The van der Waals surface area contributed by atoms with Crippen LogP contribution in [0.25, 0.3) is 16.7 Å². The maximum Gasteiger partial charge on any atom is 0.410 e. The first-order valence-corrected chi connectivity index (χ1v) is 13.5. The number of carbonyl (C=O) groups excluding carboxylic acids is 1. The number of alkyl halides is 1. The number of anilines is 1. The van der Waals surface area contributed by atoms with Crippen LogP contribution in [0.5, 0.6) is 6.01 Å². The van der Waals surface area contributed by atoms with Gasteiger partial charge in [-0.1, -0.05) is 0 Å². The quantitative estimate of drug-likeness (QED) is 0.489. The van der Waals surface area contributed by atoms with Crippen LogP contribution in [0.15, 0.2) is 24.4 Å². The molecule has 0 radical (unpaired) electrons. The van der Waals surface area contributed by atoms with Gasteiger partial charge in [-0.05, 0) is 63.8 Å².